The summed E-state index contributed by atoms with van der Waals surface area (Å²) < 4.78 is 1.69. The van der Waals surface area contributed by atoms with Gasteiger partial charge in [-0.1, -0.05) is 34.8 Å². The Morgan fingerprint density at radius 3 is 2.47 bits per heavy atom. The predicted molar refractivity (Wildman–Crippen MR) is 137 cm³/mol. The SMILES string of the molecule is NC(=O)c1cc[n+](CC2=C(C(=O)O)N3C(=O)[C@@H](NC(=O)CSc4cc(Cl)c(Cl)cc4Cl)[C@H]3SC2)cc1. The highest BCUT2D eigenvalue weighted by atomic mass is 35.5. The molecule has 4 rings (SSSR count). The van der Waals surface area contributed by atoms with E-state index >= 15 is 0 Å². The first-order chi connectivity index (χ1) is 17.1. The smallest absolute Gasteiger partial charge is 0.352 e. The zero-order valence-electron chi connectivity index (χ0n) is 18.2. The number of benzene rings is 1. The minimum atomic E-state index is -1.23. The molecule has 3 heterocycles. The maximum absolute atomic E-state index is 12.9. The van der Waals surface area contributed by atoms with Crippen molar-refractivity contribution in [3.63, 3.8) is 0 Å². The van der Waals surface area contributed by atoms with Crippen LogP contribution in [0.1, 0.15) is 10.4 Å². The summed E-state index contributed by atoms with van der Waals surface area (Å²) in [5, 5.41) is 12.9. The average Bonchev–Trinajstić information content (AvgIpc) is 2.83. The number of hydrogen-bond acceptors (Lipinski definition) is 6. The molecule has 1 aromatic heterocycles. The fourth-order valence-electron chi connectivity index (χ4n) is 3.73. The van der Waals surface area contributed by atoms with E-state index in [1.165, 1.54) is 34.9 Å². The van der Waals surface area contributed by atoms with Crippen LogP contribution in [0.5, 0.6) is 0 Å². The molecule has 14 heteroatoms. The third-order valence-corrected chi connectivity index (χ3v) is 8.99. The van der Waals surface area contributed by atoms with E-state index in [0.29, 0.717) is 36.9 Å². The number of nitrogens with zero attached hydrogens (tertiary/aromatic N) is 2. The number of pyridine rings is 1. The van der Waals surface area contributed by atoms with Crippen LogP contribution in [0.15, 0.2) is 52.8 Å². The topological polar surface area (TPSA) is 134 Å². The summed E-state index contributed by atoms with van der Waals surface area (Å²) >= 11 is 20.6. The number of aromatic nitrogens is 1. The van der Waals surface area contributed by atoms with Crippen molar-refractivity contribution in [1.29, 1.82) is 0 Å². The lowest BCUT2D eigenvalue weighted by Crippen LogP contribution is -2.70. The van der Waals surface area contributed by atoms with Gasteiger partial charge < -0.3 is 16.2 Å². The molecule has 1 saturated heterocycles. The van der Waals surface area contributed by atoms with Gasteiger partial charge in [-0.15, -0.1) is 23.5 Å². The van der Waals surface area contributed by atoms with Gasteiger partial charge in [-0.2, -0.15) is 0 Å². The van der Waals surface area contributed by atoms with Gasteiger partial charge in [-0.25, -0.2) is 9.36 Å². The fourth-order valence-corrected chi connectivity index (χ4v) is 6.60. The van der Waals surface area contributed by atoms with Crippen molar-refractivity contribution in [2.45, 2.75) is 22.9 Å². The molecule has 9 nitrogen and oxygen atoms in total. The largest absolute Gasteiger partial charge is 0.477 e. The van der Waals surface area contributed by atoms with E-state index < -0.39 is 35.1 Å². The Hall–Kier alpha value is -2.44. The van der Waals surface area contributed by atoms with Gasteiger partial charge in [-0.3, -0.25) is 19.3 Å². The molecule has 4 N–H and O–H groups in total. The van der Waals surface area contributed by atoms with E-state index in [-0.39, 0.29) is 18.0 Å². The zero-order chi connectivity index (χ0) is 26.1. The molecule has 2 atom stereocenters. The molecule has 2 aromatic rings. The number of primary amides is 1. The normalized spacial score (nSPS) is 19.0. The van der Waals surface area contributed by atoms with E-state index in [1.807, 2.05) is 0 Å². The molecule has 0 unspecified atom stereocenters. The Labute approximate surface area is 228 Å². The predicted octanol–water partition coefficient (Wildman–Crippen LogP) is 2.56. The molecule has 2 aliphatic rings. The zero-order valence-corrected chi connectivity index (χ0v) is 22.1. The molecule has 36 heavy (non-hydrogen) atoms. The number of carbonyl (C=O) groups is 4. The van der Waals surface area contributed by atoms with Gasteiger partial charge in [0.1, 0.15) is 17.1 Å². The Morgan fingerprint density at radius 2 is 1.83 bits per heavy atom. The number of β-lactam (4-membered cyclic amide) rings is 1. The molecule has 0 bridgehead atoms. The van der Waals surface area contributed by atoms with Gasteiger partial charge in [0.05, 0.1) is 26.4 Å². The van der Waals surface area contributed by atoms with Crippen molar-refractivity contribution in [3.8, 4) is 0 Å². The summed E-state index contributed by atoms with van der Waals surface area (Å²) in [6.45, 7) is 0.211. The minimum Gasteiger partial charge on any atom is -0.477 e. The number of fused-ring (bicyclic) bond motifs is 1. The minimum absolute atomic E-state index is 0.0241. The van der Waals surface area contributed by atoms with Gasteiger partial charge in [0.15, 0.2) is 18.9 Å². The number of carboxylic acids is 1. The maximum Gasteiger partial charge on any atom is 0.352 e. The molecule has 0 spiro atoms. The Bertz CT molecular complexity index is 1310. The number of rotatable bonds is 8. The lowest BCUT2D eigenvalue weighted by Gasteiger charge is -2.49. The van der Waals surface area contributed by atoms with Gasteiger partial charge in [0.2, 0.25) is 11.8 Å². The maximum atomic E-state index is 12.9. The second-order valence-electron chi connectivity index (χ2n) is 7.82. The molecule has 2 aliphatic heterocycles. The van der Waals surface area contributed by atoms with Crippen molar-refractivity contribution in [3.05, 3.63) is 68.6 Å². The average molecular weight is 589 g/mol. The van der Waals surface area contributed by atoms with Crippen LogP contribution < -0.4 is 15.6 Å². The van der Waals surface area contributed by atoms with E-state index in [1.54, 1.807) is 23.0 Å². The molecule has 1 aromatic carbocycles. The number of aliphatic carboxylic acids is 1. The molecule has 0 saturated carbocycles. The van der Waals surface area contributed by atoms with Crippen molar-refractivity contribution in [2.75, 3.05) is 11.5 Å². The Kier molecular flexibility index (Phi) is 8.06. The van der Waals surface area contributed by atoms with Gasteiger partial charge in [0.25, 0.3) is 5.91 Å². The van der Waals surface area contributed by atoms with Crippen LogP contribution in [0, 0.1) is 0 Å². The summed E-state index contributed by atoms with van der Waals surface area (Å²) in [7, 11) is 0. The fraction of sp³-hybridized carbons (Fsp3) is 0.227. The number of hydrogen-bond donors (Lipinski definition) is 3. The summed E-state index contributed by atoms with van der Waals surface area (Å²) in [5.41, 5.74) is 6.01. The highest BCUT2D eigenvalue weighted by molar-refractivity contribution is 8.00. The summed E-state index contributed by atoms with van der Waals surface area (Å²) in [6, 6.07) is 5.27. The number of halogens is 3. The number of thioether (sulfide) groups is 2. The van der Waals surface area contributed by atoms with Crippen molar-refractivity contribution < 1.29 is 28.9 Å². The van der Waals surface area contributed by atoms with Crippen molar-refractivity contribution in [1.82, 2.24) is 10.2 Å². The van der Waals surface area contributed by atoms with Crippen molar-refractivity contribution in [2.24, 2.45) is 5.73 Å². The van der Waals surface area contributed by atoms with Crippen LogP contribution in [-0.2, 0) is 20.9 Å². The summed E-state index contributed by atoms with van der Waals surface area (Å²) in [5.74, 6) is -2.38. The molecular weight excluding hydrogens is 571 g/mol. The van der Waals surface area contributed by atoms with Crippen LogP contribution in [0.25, 0.3) is 0 Å². The van der Waals surface area contributed by atoms with Gasteiger partial charge >= 0.3 is 5.97 Å². The highest BCUT2D eigenvalue weighted by Gasteiger charge is 2.54. The first-order valence-corrected chi connectivity index (χ1v) is 13.5. The van der Waals surface area contributed by atoms with Crippen molar-refractivity contribution >= 4 is 82.0 Å². The lowest BCUT2D eigenvalue weighted by molar-refractivity contribution is -0.689. The highest BCUT2D eigenvalue weighted by Crippen LogP contribution is 2.40. The van der Waals surface area contributed by atoms with Crippen LogP contribution in [0.3, 0.4) is 0 Å². The monoisotopic (exact) mass is 587 g/mol. The standard InChI is InChI=1S/C22H17Cl3N4O5S2/c23-12-5-14(25)15(6-13(12)24)35-9-16(30)27-17-20(32)29-18(22(33)34)11(8-36-21(17)29)7-28-3-1-10(2-4-28)19(26)31/h1-6,17,21H,7-9H2,(H3-,26,27,30,31,33,34)/p+1/t17-,21-/m1/s1. The summed E-state index contributed by atoms with van der Waals surface area (Å²) in [6.07, 6.45) is 3.23. The van der Waals surface area contributed by atoms with Crippen LogP contribution in [0.2, 0.25) is 15.1 Å². The second-order valence-corrected chi connectivity index (χ2v) is 11.2. The van der Waals surface area contributed by atoms with Gasteiger partial charge in [0, 0.05) is 28.4 Å². The quantitative estimate of drug-likeness (QED) is 0.187. The number of nitrogens with two attached hydrogens (primary N) is 1. The number of carbonyl (C=O) groups excluding carboxylic acids is 3. The molecule has 3 amide bonds. The lowest BCUT2D eigenvalue weighted by atomic mass is 10.0. The molecule has 0 aliphatic carbocycles. The Morgan fingerprint density at radius 1 is 1.17 bits per heavy atom. The third-order valence-electron chi connectivity index (χ3n) is 5.45. The third kappa shape index (κ3) is 5.45. The number of carboxylic acid groups (broad SMARTS) is 1. The molecule has 0 radical (unpaired) electrons. The molecule has 1 fully saturated rings. The number of amides is 3. The first-order valence-electron chi connectivity index (χ1n) is 10.3. The van der Waals surface area contributed by atoms with E-state index in [2.05, 4.69) is 5.32 Å². The first kappa shape index (κ1) is 26.6. The van der Waals surface area contributed by atoms with Crippen LogP contribution in [-0.4, -0.2) is 56.6 Å². The Balaban J connectivity index is 1.42. The second kappa shape index (κ2) is 10.9. The molecular formula is C22H18Cl3N4O5S2+. The van der Waals surface area contributed by atoms with Crippen LogP contribution in [0.4, 0.5) is 0 Å². The van der Waals surface area contributed by atoms with E-state index in [9.17, 15) is 24.3 Å². The van der Waals surface area contributed by atoms with Gasteiger partial charge in [-0.05, 0) is 12.1 Å². The number of nitrogens with one attached hydrogen (secondary N) is 1. The van der Waals surface area contributed by atoms with E-state index in [0.717, 1.165) is 11.8 Å². The van der Waals surface area contributed by atoms with Crippen LogP contribution >= 0.6 is 58.3 Å². The summed E-state index contributed by atoms with van der Waals surface area (Å²) in [4.78, 5) is 50.5. The molecule has 188 valence electrons. The van der Waals surface area contributed by atoms with E-state index in [4.69, 9.17) is 40.5 Å².